The summed E-state index contributed by atoms with van der Waals surface area (Å²) in [5, 5.41) is 9.48. The Kier molecular flexibility index (Phi) is 10.1. The number of allylic oxidation sites excluding steroid dienone is 2. The summed E-state index contributed by atoms with van der Waals surface area (Å²) in [7, 11) is -1.56. The number of hydrogen-bond donors (Lipinski definition) is 1. The fraction of sp³-hybridized carbons (Fsp3) is 0.250. The molecule has 0 saturated carbocycles. The second-order valence-electron chi connectivity index (χ2n) is 6.86. The van der Waals surface area contributed by atoms with E-state index in [1.165, 1.54) is 19.9 Å². The van der Waals surface area contributed by atoms with Crippen LogP contribution in [0.25, 0.3) is 16.1 Å². The van der Waals surface area contributed by atoms with E-state index in [0.29, 0.717) is 5.69 Å². The van der Waals surface area contributed by atoms with Gasteiger partial charge in [-0.05, 0) is 25.6 Å². The van der Waals surface area contributed by atoms with Crippen LogP contribution in [-0.2, 0) is 24.9 Å². The molecule has 2 aromatic rings. The van der Waals surface area contributed by atoms with Crippen LogP contribution in [0.2, 0.25) is 19.6 Å². The summed E-state index contributed by atoms with van der Waals surface area (Å²) in [6.07, 6.45) is 2.77. The predicted octanol–water partition coefficient (Wildman–Crippen LogP) is 4.96. The van der Waals surface area contributed by atoms with Gasteiger partial charge < -0.3 is 10.1 Å². The Balaban J connectivity index is 0.000000786. The van der Waals surface area contributed by atoms with Gasteiger partial charge in [-0.2, -0.15) is 0 Å². The minimum Gasteiger partial charge on any atom is -0.512 e. The van der Waals surface area contributed by atoms with Crippen LogP contribution in [-0.4, -0.2) is 23.9 Å². The van der Waals surface area contributed by atoms with Crippen LogP contribution < -0.4 is 5.19 Å². The molecule has 1 heterocycles. The molecule has 0 saturated heterocycles. The first kappa shape index (κ1) is 25.8. The zero-order valence-electron chi connectivity index (χ0n) is 16.2. The number of halogens is 2. The summed E-state index contributed by atoms with van der Waals surface area (Å²) >= 11 is 0. The van der Waals surface area contributed by atoms with Crippen LogP contribution in [0.1, 0.15) is 13.8 Å². The first-order chi connectivity index (χ1) is 12.5. The predicted molar refractivity (Wildman–Crippen MR) is 105 cm³/mol. The van der Waals surface area contributed by atoms with Crippen molar-refractivity contribution in [3.05, 3.63) is 65.3 Å². The number of benzene rings is 1. The number of carbonyl (C=O) groups is 1. The quantitative estimate of drug-likeness (QED) is 0.242. The molecule has 151 valence electrons. The van der Waals surface area contributed by atoms with Crippen LogP contribution in [0.4, 0.5) is 14.5 Å². The molecule has 0 aliphatic heterocycles. The number of aliphatic hydroxyl groups is 1. The van der Waals surface area contributed by atoms with Crippen LogP contribution >= 0.6 is 0 Å². The molecular weight excluding hydrogens is 559 g/mol. The van der Waals surface area contributed by atoms with Crippen LogP contribution in [0.15, 0.2) is 36.2 Å². The minimum atomic E-state index is -1.56. The van der Waals surface area contributed by atoms with E-state index >= 15 is 0 Å². The van der Waals surface area contributed by atoms with Crippen molar-refractivity contribution in [3.63, 3.8) is 0 Å². The Bertz CT molecular complexity index is 915. The van der Waals surface area contributed by atoms with Gasteiger partial charge in [-0.1, -0.05) is 30.9 Å². The molecule has 1 aromatic heterocycles. The molecule has 1 aromatic carbocycles. The number of hydrogen-bond acceptors (Lipinski definition) is 3. The number of ketones is 1. The molecule has 0 spiro atoms. The minimum absolute atomic E-state index is 0. The topological polar surface area (TPSA) is 54.5 Å². The Morgan fingerprint density at radius 1 is 1.32 bits per heavy atom. The van der Waals surface area contributed by atoms with Crippen molar-refractivity contribution in [1.82, 2.24) is 4.98 Å². The van der Waals surface area contributed by atoms with E-state index in [2.05, 4.69) is 35.5 Å². The average Bonchev–Trinajstić information content (AvgIpc) is 2.54. The summed E-state index contributed by atoms with van der Waals surface area (Å²) < 4.78 is 27.5. The van der Waals surface area contributed by atoms with Crippen molar-refractivity contribution in [2.75, 3.05) is 0 Å². The standard InChI is InChI=1S/C15H13F2N2Si.C5H8O2.Ir/c1-18-15-12(16)6-5-11(14(15)17)13-9-10(7-8-19-13)20(2,3)4;1-4(6)3-5(2)7;/h6-9H,2-4H3;3,6H,1-2H3;/q-1;;/b;4-3-;. The van der Waals surface area contributed by atoms with Crippen molar-refractivity contribution in [2.45, 2.75) is 33.5 Å². The van der Waals surface area contributed by atoms with Gasteiger partial charge in [-0.15, -0.1) is 17.7 Å². The number of carbonyl (C=O) groups excluding carboxylic acids is 1. The molecule has 0 fully saturated rings. The van der Waals surface area contributed by atoms with Gasteiger partial charge in [0.25, 0.3) is 0 Å². The van der Waals surface area contributed by atoms with Gasteiger partial charge in [-0.3, -0.25) is 18.4 Å². The molecule has 2 rings (SSSR count). The normalized spacial score (nSPS) is 10.9. The molecule has 8 heteroatoms. The van der Waals surface area contributed by atoms with Crippen molar-refractivity contribution in [3.8, 4) is 11.3 Å². The molecule has 0 atom stereocenters. The van der Waals surface area contributed by atoms with Crippen LogP contribution in [0.3, 0.4) is 0 Å². The third-order valence-corrected chi connectivity index (χ3v) is 5.45. The molecule has 0 aliphatic carbocycles. The zero-order valence-corrected chi connectivity index (χ0v) is 19.6. The van der Waals surface area contributed by atoms with E-state index in [-0.39, 0.29) is 37.2 Å². The van der Waals surface area contributed by atoms with Crippen LogP contribution in [0.5, 0.6) is 0 Å². The van der Waals surface area contributed by atoms with Gasteiger partial charge in [0.2, 0.25) is 0 Å². The molecule has 1 radical (unpaired) electrons. The molecule has 1 N–H and O–H groups in total. The molecule has 28 heavy (non-hydrogen) atoms. The number of rotatable bonds is 3. The van der Waals surface area contributed by atoms with Gasteiger partial charge >= 0.3 is 0 Å². The largest absolute Gasteiger partial charge is 0.512 e. The maximum Gasteiger partial charge on any atom is 0.176 e. The Hall–Kier alpha value is -2.20. The van der Waals surface area contributed by atoms with E-state index in [9.17, 15) is 13.6 Å². The van der Waals surface area contributed by atoms with E-state index in [4.69, 9.17) is 11.7 Å². The van der Waals surface area contributed by atoms with Crippen molar-refractivity contribution in [1.29, 1.82) is 0 Å². The summed E-state index contributed by atoms with van der Waals surface area (Å²) in [6.45, 7) is 16.2. The average molecular weight is 580 g/mol. The van der Waals surface area contributed by atoms with Gasteiger partial charge in [0, 0.05) is 44.0 Å². The molecule has 0 aliphatic rings. The second kappa shape index (κ2) is 11.0. The summed E-state index contributed by atoms with van der Waals surface area (Å²) in [4.78, 5) is 17.0. The number of aromatic nitrogens is 1. The smallest absolute Gasteiger partial charge is 0.176 e. The van der Waals surface area contributed by atoms with Crippen molar-refractivity contribution >= 4 is 24.7 Å². The number of aliphatic hydroxyl groups excluding tert-OH is 1. The molecule has 0 amide bonds. The molecule has 4 nitrogen and oxygen atoms in total. The van der Waals surface area contributed by atoms with Gasteiger partial charge in [0.1, 0.15) is 0 Å². The third-order valence-electron chi connectivity index (χ3n) is 3.40. The SMILES string of the molecule is CC(=O)/C=C(/C)O.[C-]#[N+]c1c(F)c[c-]c(-c2cc([Si](C)(C)C)ccn2)c1F.[Ir]. The van der Waals surface area contributed by atoms with Gasteiger partial charge in [0.05, 0.1) is 20.4 Å². The monoisotopic (exact) mass is 580 g/mol. The fourth-order valence-electron chi connectivity index (χ4n) is 2.11. The van der Waals surface area contributed by atoms with E-state index in [1.54, 1.807) is 12.3 Å². The van der Waals surface area contributed by atoms with Crippen LogP contribution in [0, 0.1) is 24.3 Å². The Morgan fingerprint density at radius 2 is 1.93 bits per heavy atom. The van der Waals surface area contributed by atoms with E-state index in [1.807, 2.05) is 6.07 Å². The number of pyridine rings is 1. The third kappa shape index (κ3) is 7.43. The molecule has 0 bridgehead atoms. The second-order valence-corrected chi connectivity index (χ2v) is 11.9. The molecule has 0 unspecified atom stereocenters. The zero-order chi connectivity index (χ0) is 20.8. The summed E-state index contributed by atoms with van der Waals surface area (Å²) in [5.74, 6) is -1.87. The van der Waals surface area contributed by atoms with Crippen molar-refractivity contribution in [2.24, 2.45) is 0 Å². The molecular formula is C20H21F2IrN2O2Si-. The summed E-state index contributed by atoms with van der Waals surface area (Å²) in [5.41, 5.74) is -0.191. The van der Waals surface area contributed by atoms with Gasteiger partial charge in [0.15, 0.2) is 11.5 Å². The van der Waals surface area contributed by atoms with E-state index in [0.717, 1.165) is 11.3 Å². The maximum absolute atomic E-state index is 14.1. The Labute approximate surface area is 178 Å². The first-order valence-electron chi connectivity index (χ1n) is 8.09. The van der Waals surface area contributed by atoms with Crippen molar-refractivity contribution < 1.29 is 38.8 Å². The van der Waals surface area contributed by atoms with E-state index < -0.39 is 25.4 Å². The maximum atomic E-state index is 14.1. The fourth-order valence-corrected chi connectivity index (χ4v) is 3.25. The Morgan fingerprint density at radius 3 is 2.36 bits per heavy atom. The van der Waals surface area contributed by atoms with Gasteiger partial charge in [-0.25, -0.2) is 0 Å². The first-order valence-corrected chi connectivity index (χ1v) is 11.6. The summed E-state index contributed by atoms with van der Waals surface area (Å²) in [6, 6.07) is 7.22. The number of nitrogens with zero attached hydrogens (tertiary/aromatic N) is 2.